The molecule has 0 aliphatic carbocycles. The van der Waals surface area contributed by atoms with E-state index in [4.69, 9.17) is 0 Å². The molecule has 0 aliphatic heterocycles. The lowest BCUT2D eigenvalue weighted by Crippen LogP contribution is -2.22. The minimum atomic E-state index is -4.63. The molecule has 0 aliphatic rings. The van der Waals surface area contributed by atoms with E-state index in [1.165, 1.54) is 6.07 Å². The summed E-state index contributed by atoms with van der Waals surface area (Å²) < 4.78 is 38.0. The number of aliphatic hydroxyl groups is 1. The quantitative estimate of drug-likeness (QED) is 0.846. The highest BCUT2D eigenvalue weighted by atomic mass is 19.4. The van der Waals surface area contributed by atoms with Crippen LogP contribution < -0.4 is 0 Å². The third-order valence-electron chi connectivity index (χ3n) is 2.98. The van der Waals surface area contributed by atoms with Gasteiger partial charge in [0.15, 0.2) is 6.10 Å². The summed E-state index contributed by atoms with van der Waals surface area (Å²) in [6.07, 6.45) is -7.03. The van der Waals surface area contributed by atoms with Crippen molar-refractivity contribution in [3.8, 4) is 0 Å². The topological polar surface area (TPSA) is 20.2 Å². The first-order chi connectivity index (χ1) is 8.16. The fourth-order valence-corrected chi connectivity index (χ4v) is 2.19. The smallest absolute Gasteiger partial charge is 0.379 e. The Bertz CT molecular complexity index is 408. The fourth-order valence-electron chi connectivity index (χ4n) is 2.19. The Morgan fingerprint density at radius 1 is 0.944 bits per heavy atom. The minimum absolute atomic E-state index is 0.0244. The van der Waals surface area contributed by atoms with Crippen molar-refractivity contribution in [3.63, 3.8) is 0 Å². The second-order valence-corrected chi connectivity index (χ2v) is 5.10. The van der Waals surface area contributed by atoms with Crippen molar-refractivity contribution in [1.82, 2.24) is 0 Å². The van der Waals surface area contributed by atoms with Crippen molar-refractivity contribution in [1.29, 1.82) is 0 Å². The van der Waals surface area contributed by atoms with Gasteiger partial charge in [-0.15, -0.1) is 0 Å². The van der Waals surface area contributed by atoms with E-state index in [9.17, 15) is 18.3 Å². The number of alkyl halides is 3. The van der Waals surface area contributed by atoms with E-state index < -0.39 is 12.3 Å². The normalized spacial score (nSPS) is 14.3. The van der Waals surface area contributed by atoms with E-state index in [0.29, 0.717) is 5.56 Å². The van der Waals surface area contributed by atoms with Crippen LogP contribution in [0.15, 0.2) is 18.2 Å². The molecular weight excluding hydrogens is 241 g/mol. The van der Waals surface area contributed by atoms with Crippen LogP contribution in [0.25, 0.3) is 0 Å². The lowest BCUT2D eigenvalue weighted by Gasteiger charge is -2.24. The lowest BCUT2D eigenvalue weighted by atomic mass is 9.85. The molecule has 0 spiro atoms. The highest BCUT2D eigenvalue weighted by Gasteiger charge is 2.41. The largest absolute Gasteiger partial charge is 0.418 e. The van der Waals surface area contributed by atoms with Gasteiger partial charge in [0.25, 0.3) is 0 Å². The van der Waals surface area contributed by atoms with Crippen LogP contribution in [0.5, 0.6) is 0 Å². The summed E-state index contributed by atoms with van der Waals surface area (Å²) in [6.45, 7) is 7.55. The van der Waals surface area contributed by atoms with E-state index in [2.05, 4.69) is 0 Å². The maximum atomic E-state index is 12.7. The van der Waals surface area contributed by atoms with Gasteiger partial charge < -0.3 is 5.11 Å². The van der Waals surface area contributed by atoms with Gasteiger partial charge >= 0.3 is 6.18 Å². The van der Waals surface area contributed by atoms with Crippen LogP contribution in [0.2, 0.25) is 0 Å². The van der Waals surface area contributed by atoms with Crippen molar-refractivity contribution >= 4 is 0 Å². The average Bonchev–Trinajstić information content (AvgIpc) is 2.25. The van der Waals surface area contributed by atoms with Gasteiger partial charge in [-0.2, -0.15) is 13.2 Å². The molecule has 1 rings (SSSR count). The molecule has 0 amide bonds. The number of rotatable bonds is 3. The van der Waals surface area contributed by atoms with Crippen molar-refractivity contribution in [2.24, 2.45) is 0 Å². The van der Waals surface area contributed by atoms with Gasteiger partial charge in [-0.1, -0.05) is 45.9 Å². The molecule has 1 aromatic rings. The Morgan fingerprint density at radius 3 is 1.83 bits per heavy atom. The maximum absolute atomic E-state index is 12.7. The van der Waals surface area contributed by atoms with Crippen LogP contribution in [0, 0.1) is 0 Å². The Labute approximate surface area is 106 Å². The Kier molecular flexibility index (Phi) is 4.43. The molecule has 1 nitrogen and oxygen atoms in total. The molecular formula is C14H19F3O. The van der Waals surface area contributed by atoms with Crippen molar-refractivity contribution in [2.45, 2.75) is 51.8 Å². The second-order valence-electron chi connectivity index (χ2n) is 5.10. The first-order valence-corrected chi connectivity index (χ1v) is 6.03. The number of hydrogen-bond acceptors (Lipinski definition) is 1. The van der Waals surface area contributed by atoms with Gasteiger partial charge in [-0.25, -0.2) is 0 Å². The molecule has 1 N–H and O–H groups in total. The number of halogens is 3. The molecule has 0 aromatic heterocycles. The molecule has 0 fully saturated rings. The van der Waals surface area contributed by atoms with Crippen LogP contribution in [0.1, 0.15) is 62.3 Å². The zero-order valence-corrected chi connectivity index (χ0v) is 11.0. The molecule has 1 aromatic carbocycles. The number of aliphatic hydroxyl groups excluding tert-OH is 1. The molecule has 1 atom stereocenters. The van der Waals surface area contributed by atoms with Gasteiger partial charge in [0, 0.05) is 0 Å². The van der Waals surface area contributed by atoms with Gasteiger partial charge in [0.1, 0.15) is 0 Å². The fraction of sp³-hybridized carbons (Fsp3) is 0.571. The van der Waals surface area contributed by atoms with Crippen molar-refractivity contribution in [2.75, 3.05) is 0 Å². The maximum Gasteiger partial charge on any atom is 0.418 e. The van der Waals surface area contributed by atoms with Crippen LogP contribution in [0.4, 0.5) is 13.2 Å². The van der Waals surface area contributed by atoms with E-state index in [-0.39, 0.29) is 17.4 Å². The minimum Gasteiger partial charge on any atom is -0.379 e. The van der Waals surface area contributed by atoms with E-state index in [1.54, 1.807) is 6.07 Å². The zero-order chi connectivity index (χ0) is 14.1. The molecule has 0 radical (unpaired) electrons. The third kappa shape index (κ3) is 3.05. The standard InChI is InChI=1S/C14H19F3O/c1-8(2)10-6-5-7-11(12(10)9(3)4)13(18)14(15,16)17/h5-9,13,18H,1-4H3. The average molecular weight is 260 g/mol. The Balaban J connectivity index is 3.40. The Hall–Kier alpha value is -1.03. The third-order valence-corrected chi connectivity index (χ3v) is 2.98. The second kappa shape index (κ2) is 5.31. The number of benzene rings is 1. The molecule has 0 saturated carbocycles. The summed E-state index contributed by atoms with van der Waals surface area (Å²) >= 11 is 0. The molecule has 0 saturated heterocycles. The van der Waals surface area contributed by atoms with Gasteiger partial charge in [-0.05, 0) is 28.5 Å². The molecule has 0 heterocycles. The molecule has 0 bridgehead atoms. The SMILES string of the molecule is CC(C)c1cccc(C(O)C(F)(F)F)c1C(C)C. The predicted octanol–water partition coefficient (Wildman–Crippen LogP) is 4.53. The van der Waals surface area contributed by atoms with Gasteiger partial charge in [0.05, 0.1) is 0 Å². The molecule has 102 valence electrons. The predicted molar refractivity (Wildman–Crippen MR) is 65.6 cm³/mol. The van der Waals surface area contributed by atoms with Gasteiger partial charge in [-0.3, -0.25) is 0 Å². The van der Waals surface area contributed by atoms with E-state index >= 15 is 0 Å². The molecule has 4 heteroatoms. The summed E-state index contributed by atoms with van der Waals surface area (Å²) in [5.74, 6) is 0.0679. The summed E-state index contributed by atoms with van der Waals surface area (Å²) in [5, 5.41) is 9.47. The van der Waals surface area contributed by atoms with Gasteiger partial charge in [0.2, 0.25) is 0 Å². The number of hydrogen-bond donors (Lipinski definition) is 1. The first-order valence-electron chi connectivity index (χ1n) is 6.03. The Morgan fingerprint density at radius 2 is 1.44 bits per heavy atom. The summed E-state index contributed by atoms with van der Waals surface area (Å²) in [6, 6.07) is 4.76. The summed E-state index contributed by atoms with van der Waals surface area (Å²) in [7, 11) is 0. The summed E-state index contributed by atoms with van der Waals surface area (Å²) in [4.78, 5) is 0. The highest BCUT2D eigenvalue weighted by Crippen LogP contribution is 2.39. The van der Waals surface area contributed by atoms with E-state index in [0.717, 1.165) is 5.56 Å². The zero-order valence-electron chi connectivity index (χ0n) is 11.0. The van der Waals surface area contributed by atoms with Crippen LogP contribution in [-0.2, 0) is 0 Å². The summed E-state index contributed by atoms with van der Waals surface area (Å²) in [5.41, 5.74) is 1.45. The van der Waals surface area contributed by atoms with Crippen LogP contribution in [-0.4, -0.2) is 11.3 Å². The monoisotopic (exact) mass is 260 g/mol. The van der Waals surface area contributed by atoms with E-state index in [1.807, 2.05) is 33.8 Å². The van der Waals surface area contributed by atoms with Crippen molar-refractivity contribution < 1.29 is 18.3 Å². The molecule has 1 unspecified atom stereocenters. The van der Waals surface area contributed by atoms with Crippen LogP contribution in [0.3, 0.4) is 0 Å². The molecule has 18 heavy (non-hydrogen) atoms. The van der Waals surface area contributed by atoms with Crippen molar-refractivity contribution in [3.05, 3.63) is 34.9 Å². The van der Waals surface area contributed by atoms with Crippen LogP contribution >= 0.6 is 0 Å². The lowest BCUT2D eigenvalue weighted by molar-refractivity contribution is -0.207. The first kappa shape index (κ1) is 15.0. The highest BCUT2D eigenvalue weighted by molar-refractivity contribution is 5.41.